The Morgan fingerprint density at radius 2 is 1.74 bits per heavy atom. The lowest BCUT2D eigenvalue weighted by atomic mass is 9.98. The first-order valence-corrected chi connectivity index (χ1v) is 13.4. The molecule has 1 aliphatic heterocycles. The number of alkyl halides is 3. The SMILES string of the molecule is CCc1cccc(CC)c1-n1nc2c(c1-c1cc(F)c(OC)c3[nH]c(F)nc13)CN(c1ncc(C(F)(F)F)cn1)CC2. The van der Waals surface area contributed by atoms with Gasteiger partial charge >= 0.3 is 6.18 Å². The van der Waals surface area contributed by atoms with Gasteiger partial charge in [-0.3, -0.25) is 0 Å². The van der Waals surface area contributed by atoms with E-state index in [0.29, 0.717) is 42.6 Å². The molecule has 5 aromatic rings. The number of ether oxygens (including phenoxy) is 1. The maximum absolute atomic E-state index is 15.5. The number of aryl methyl sites for hydroxylation is 2. The molecule has 0 amide bonds. The molecule has 0 bridgehead atoms. The fraction of sp³-hybridized carbons (Fsp3) is 0.310. The standard InChI is InChI=1S/C29H26F5N7O/c1-4-15-7-6-8-16(5-2)24(15)41-25(18-11-20(30)26(42-3)23-22(18)37-27(31)38-23)19-14-40(10-9-21(19)39-41)28-35-12-17(13-36-28)29(32,33)34/h6-8,11-13H,4-5,9-10,14H2,1-3H3,(H,37,38). The Balaban J connectivity index is 1.59. The highest BCUT2D eigenvalue weighted by molar-refractivity contribution is 5.96. The maximum Gasteiger partial charge on any atom is 0.419 e. The average Bonchev–Trinajstić information content (AvgIpc) is 3.55. The van der Waals surface area contributed by atoms with Gasteiger partial charge in [-0.15, -0.1) is 0 Å². The van der Waals surface area contributed by atoms with Crippen molar-refractivity contribution in [2.75, 3.05) is 18.6 Å². The topological polar surface area (TPSA) is 84.8 Å². The fourth-order valence-corrected chi connectivity index (χ4v) is 5.56. The third-order valence-corrected chi connectivity index (χ3v) is 7.56. The monoisotopic (exact) mass is 583 g/mol. The maximum atomic E-state index is 15.5. The summed E-state index contributed by atoms with van der Waals surface area (Å²) < 4.78 is 76.3. The molecule has 0 aliphatic carbocycles. The van der Waals surface area contributed by atoms with Crippen molar-refractivity contribution in [3.63, 3.8) is 0 Å². The molecule has 13 heteroatoms. The molecule has 0 saturated heterocycles. The van der Waals surface area contributed by atoms with Crippen LogP contribution in [-0.4, -0.2) is 43.4 Å². The number of rotatable bonds is 6. The number of nitrogens with one attached hydrogen (secondary N) is 1. The Morgan fingerprint density at radius 1 is 1.05 bits per heavy atom. The van der Waals surface area contributed by atoms with Crippen LogP contribution < -0.4 is 9.64 Å². The van der Waals surface area contributed by atoms with Crippen LogP contribution in [0, 0.1) is 11.9 Å². The van der Waals surface area contributed by atoms with Crippen molar-refractivity contribution in [1.29, 1.82) is 0 Å². The molecule has 0 saturated carbocycles. The van der Waals surface area contributed by atoms with Gasteiger partial charge in [0.25, 0.3) is 6.08 Å². The largest absolute Gasteiger partial charge is 0.492 e. The Bertz CT molecular complexity index is 1770. The van der Waals surface area contributed by atoms with Crippen LogP contribution in [0.1, 0.15) is 41.8 Å². The highest BCUT2D eigenvalue weighted by atomic mass is 19.4. The summed E-state index contributed by atoms with van der Waals surface area (Å²) in [6.07, 6.45) is -2.15. The molecule has 218 valence electrons. The molecule has 0 spiro atoms. The van der Waals surface area contributed by atoms with E-state index in [4.69, 9.17) is 9.84 Å². The molecular formula is C29H26F5N7O. The van der Waals surface area contributed by atoms with E-state index < -0.39 is 23.6 Å². The molecule has 42 heavy (non-hydrogen) atoms. The predicted molar refractivity (Wildman–Crippen MR) is 146 cm³/mol. The van der Waals surface area contributed by atoms with Gasteiger partial charge < -0.3 is 14.6 Å². The van der Waals surface area contributed by atoms with E-state index in [-0.39, 0.29) is 29.3 Å². The lowest BCUT2D eigenvalue weighted by Gasteiger charge is -2.27. The van der Waals surface area contributed by atoms with Gasteiger partial charge in [0.05, 0.1) is 29.7 Å². The van der Waals surface area contributed by atoms with E-state index in [1.807, 2.05) is 32.0 Å². The van der Waals surface area contributed by atoms with E-state index in [0.717, 1.165) is 34.9 Å². The number of aromatic amines is 1. The van der Waals surface area contributed by atoms with Crippen molar-refractivity contribution in [3.8, 4) is 22.7 Å². The van der Waals surface area contributed by atoms with Crippen LogP contribution in [0.15, 0.2) is 36.7 Å². The van der Waals surface area contributed by atoms with Crippen molar-refractivity contribution in [3.05, 3.63) is 76.5 Å². The summed E-state index contributed by atoms with van der Waals surface area (Å²) in [5, 5.41) is 4.99. The van der Waals surface area contributed by atoms with E-state index >= 15 is 4.39 Å². The molecule has 2 aromatic carbocycles. The number of benzene rings is 2. The molecule has 1 N–H and O–H groups in total. The minimum atomic E-state index is -4.56. The van der Waals surface area contributed by atoms with Crippen LogP contribution in [0.4, 0.5) is 27.9 Å². The molecule has 0 fully saturated rings. The van der Waals surface area contributed by atoms with Gasteiger partial charge in [0.1, 0.15) is 11.0 Å². The summed E-state index contributed by atoms with van der Waals surface area (Å²) in [6.45, 7) is 4.63. The predicted octanol–water partition coefficient (Wildman–Crippen LogP) is 6.20. The fourth-order valence-electron chi connectivity index (χ4n) is 5.56. The number of para-hydroxylation sites is 1. The minimum Gasteiger partial charge on any atom is -0.492 e. The third kappa shape index (κ3) is 4.52. The van der Waals surface area contributed by atoms with Crippen molar-refractivity contribution >= 4 is 17.0 Å². The number of halogens is 5. The number of imidazole rings is 1. The molecular weight excluding hydrogens is 557 g/mol. The van der Waals surface area contributed by atoms with Gasteiger partial charge in [-0.2, -0.15) is 22.7 Å². The Kier molecular flexibility index (Phi) is 6.82. The zero-order valence-electron chi connectivity index (χ0n) is 23.0. The van der Waals surface area contributed by atoms with Crippen LogP contribution in [0.25, 0.3) is 28.0 Å². The van der Waals surface area contributed by atoms with Crippen molar-refractivity contribution in [1.82, 2.24) is 29.7 Å². The Morgan fingerprint density at radius 3 is 2.36 bits per heavy atom. The van der Waals surface area contributed by atoms with Gasteiger partial charge in [0, 0.05) is 43.0 Å². The van der Waals surface area contributed by atoms with E-state index in [9.17, 15) is 17.6 Å². The van der Waals surface area contributed by atoms with Crippen LogP contribution in [0.3, 0.4) is 0 Å². The molecule has 6 rings (SSSR count). The minimum absolute atomic E-state index is 0.0599. The highest BCUT2D eigenvalue weighted by Crippen LogP contribution is 2.41. The highest BCUT2D eigenvalue weighted by Gasteiger charge is 2.34. The Hall–Kier alpha value is -4.55. The summed E-state index contributed by atoms with van der Waals surface area (Å²) in [7, 11) is 1.29. The van der Waals surface area contributed by atoms with E-state index in [1.165, 1.54) is 13.2 Å². The molecule has 3 aromatic heterocycles. The second-order valence-corrected chi connectivity index (χ2v) is 9.95. The van der Waals surface area contributed by atoms with Gasteiger partial charge in [-0.05, 0) is 30.0 Å². The molecule has 0 radical (unpaired) electrons. The van der Waals surface area contributed by atoms with Crippen molar-refractivity contribution in [2.24, 2.45) is 0 Å². The number of methoxy groups -OCH3 is 1. The lowest BCUT2D eigenvalue weighted by Crippen LogP contribution is -2.31. The van der Waals surface area contributed by atoms with E-state index in [2.05, 4.69) is 19.9 Å². The molecule has 4 heterocycles. The summed E-state index contributed by atoms with van der Waals surface area (Å²) >= 11 is 0. The summed E-state index contributed by atoms with van der Waals surface area (Å²) in [5.41, 5.74) is 4.33. The number of nitrogens with zero attached hydrogens (tertiary/aromatic N) is 6. The van der Waals surface area contributed by atoms with Crippen LogP contribution in [-0.2, 0) is 32.0 Å². The molecule has 8 nitrogen and oxygen atoms in total. The van der Waals surface area contributed by atoms with Gasteiger partial charge in [-0.1, -0.05) is 32.0 Å². The zero-order valence-corrected chi connectivity index (χ0v) is 23.0. The second kappa shape index (κ2) is 10.4. The first kappa shape index (κ1) is 27.6. The lowest BCUT2D eigenvalue weighted by molar-refractivity contribution is -0.138. The number of hydrogen-bond donors (Lipinski definition) is 1. The van der Waals surface area contributed by atoms with E-state index in [1.54, 1.807) is 9.58 Å². The van der Waals surface area contributed by atoms with Crippen molar-refractivity contribution in [2.45, 2.75) is 45.8 Å². The van der Waals surface area contributed by atoms with Crippen LogP contribution >= 0.6 is 0 Å². The van der Waals surface area contributed by atoms with Crippen molar-refractivity contribution < 1.29 is 26.7 Å². The quantitative estimate of drug-likeness (QED) is 0.240. The normalized spacial score (nSPS) is 13.6. The number of anilines is 1. The van der Waals surface area contributed by atoms with Gasteiger partial charge in [0.2, 0.25) is 5.95 Å². The number of fused-ring (bicyclic) bond motifs is 2. The number of aromatic nitrogens is 6. The first-order valence-electron chi connectivity index (χ1n) is 13.4. The summed E-state index contributed by atoms with van der Waals surface area (Å²) in [4.78, 5) is 16.2. The number of H-pyrrole nitrogens is 1. The second-order valence-electron chi connectivity index (χ2n) is 9.95. The van der Waals surface area contributed by atoms with Crippen LogP contribution in [0.2, 0.25) is 0 Å². The zero-order chi connectivity index (χ0) is 29.8. The smallest absolute Gasteiger partial charge is 0.419 e. The summed E-state index contributed by atoms with van der Waals surface area (Å²) in [5.74, 6) is -0.774. The first-order chi connectivity index (χ1) is 20.1. The molecule has 0 unspecified atom stereocenters. The Labute approximate surface area is 237 Å². The third-order valence-electron chi connectivity index (χ3n) is 7.56. The molecule has 1 aliphatic rings. The van der Waals surface area contributed by atoms with Crippen LogP contribution in [0.5, 0.6) is 5.75 Å². The number of hydrogen-bond acceptors (Lipinski definition) is 6. The van der Waals surface area contributed by atoms with Gasteiger partial charge in [-0.25, -0.2) is 24.0 Å². The summed E-state index contributed by atoms with van der Waals surface area (Å²) in [6, 6.07) is 7.23. The van der Waals surface area contributed by atoms with Gasteiger partial charge in [0.15, 0.2) is 11.6 Å². The average molecular weight is 584 g/mol. The molecule has 0 atom stereocenters.